The largest absolute Gasteiger partial charge is 0.497 e. The Labute approximate surface area is 153 Å². The van der Waals surface area contributed by atoms with Crippen LogP contribution >= 0.6 is 0 Å². The summed E-state index contributed by atoms with van der Waals surface area (Å²) in [7, 11) is 1.64. The smallest absolute Gasteiger partial charge is 0.239 e. The summed E-state index contributed by atoms with van der Waals surface area (Å²) in [6, 6.07) is 15.1. The van der Waals surface area contributed by atoms with Crippen molar-refractivity contribution in [1.82, 2.24) is 5.32 Å². The quantitative estimate of drug-likeness (QED) is 0.713. The average molecular weight is 352 g/mol. The van der Waals surface area contributed by atoms with Crippen molar-refractivity contribution in [2.75, 3.05) is 19.0 Å². The maximum Gasteiger partial charge on any atom is 0.239 e. The number of rotatable bonds is 8. The molecule has 1 unspecified atom stereocenters. The van der Waals surface area contributed by atoms with Gasteiger partial charge in [-0.25, -0.2) is 0 Å². The molecule has 1 amide bonds. The van der Waals surface area contributed by atoms with Gasteiger partial charge in [-0.15, -0.1) is 0 Å². The molecule has 1 atom stereocenters. The second-order valence-corrected chi connectivity index (χ2v) is 6.61. The van der Waals surface area contributed by atoms with E-state index >= 15 is 0 Å². The Morgan fingerprint density at radius 2 is 1.81 bits per heavy atom. The molecule has 0 radical (unpaired) electrons. The molecule has 0 bridgehead atoms. The molecule has 0 heterocycles. The van der Waals surface area contributed by atoms with E-state index in [1.807, 2.05) is 42.5 Å². The number of hydrogen-bond donors (Lipinski definition) is 2. The van der Waals surface area contributed by atoms with Gasteiger partial charge in [0.05, 0.1) is 19.7 Å². The van der Waals surface area contributed by atoms with E-state index in [9.17, 15) is 9.59 Å². The first-order valence-corrected chi connectivity index (χ1v) is 8.85. The number of hydrogen-bond acceptors (Lipinski definition) is 4. The summed E-state index contributed by atoms with van der Waals surface area (Å²) in [6.45, 7) is 1.65. The zero-order valence-corrected chi connectivity index (χ0v) is 15.1. The van der Waals surface area contributed by atoms with Crippen LogP contribution in [0.3, 0.4) is 0 Å². The van der Waals surface area contributed by atoms with Gasteiger partial charge >= 0.3 is 0 Å². The van der Waals surface area contributed by atoms with Crippen molar-refractivity contribution < 1.29 is 14.3 Å². The van der Waals surface area contributed by atoms with Crippen LogP contribution in [0.25, 0.3) is 0 Å². The molecule has 0 aliphatic heterocycles. The Morgan fingerprint density at radius 1 is 1.12 bits per heavy atom. The fraction of sp³-hybridized carbons (Fsp3) is 0.333. The van der Waals surface area contributed by atoms with Crippen LogP contribution in [0, 0.1) is 5.92 Å². The third kappa shape index (κ3) is 4.42. The lowest BCUT2D eigenvalue weighted by atomic mass is 10.0. The second-order valence-electron chi connectivity index (χ2n) is 6.61. The van der Waals surface area contributed by atoms with Gasteiger partial charge in [0.2, 0.25) is 5.91 Å². The molecule has 1 fully saturated rings. The van der Waals surface area contributed by atoms with Crippen LogP contribution in [-0.2, 0) is 4.79 Å². The summed E-state index contributed by atoms with van der Waals surface area (Å²) in [4.78, 5) is 24.1. The van der Waals surface area contributed by atoms with Gasteiger partial charge < -0.3 is 15.4 Å². The maximum absolute atomic E-state index is 12.5. The van der Waals surface area contributed by atoms with Crippen LogP contribution in [0.2, 0.25) is 0 Å². The summed E-state index contributed by atoms with van der Waals surface area (Å²) in [5.41, 5.74) is 2.36. The normalized spacial score (nSPS) is 14.4. The number of para-hydroxylation sites is 1. The Morgan fingerprint density at radius 3 is 2.42 bits per heavy atom. The zero-order valence-electron chi connectivity index (χ0n) is 15.1. The van der Waals surface area contributed by atoms with E-state index in [-0.39, 0.29) is 24.3 Å². The molecule has 1 saturated carbocycles. The maximum atomic E-state index is 12.5. The number of carbonyl (C=O) groups excluding carboxylic acids is 2. The highest BCUT2D eigenvalue weighted by Gasteiger charge is 2.33. The number of amides is 1. The van der Waals surface area contributed by atoms with Gasteiger partial charge in [-0.05, 0) is 55.5 Å². The van der Waals surface area contributed by atoms with Crippen LogP contribution in [0.1, 0.15) is 41.7 Å². The Hall–Kier alpha value is -2.82. The fourth-order valence-corrected chi connectivity index (χ4v) is 3.06. The lowest BCUT2D eigenvalue weighted by Crippen LogP contribution is -2.34. The van der Waals surface area contributed by atoms with Gasteiger partial charge in [0, 0.05) is 11.3 Å². The van der Waals surface area contributed by atoms with E-state index in [0.717, 1.165) is 24.2 Å². The highest BCUT2D eigenvalue weighted by atomic mass is 16.5. The highest BCUT2D eigenvalue weighted by molar-refractivity contribution is 6.00. The number of Topliss-reactive ketones (excluding diaryl/α,β-unsaturated/α-hetero) is 1. The van der Waals surface area contributed by atoms with Gasteiger partial charge in [0.1, 0.15) is 5.75 Å². The van der Waals surface area contributed by atoms with Crippen molar-refractivity contribution >= 4 is 17.4 Å². The first-order chi connectivity index (χ1) is 12.6. The first-order valence-electron chi connectivity index (χ1n) is 8.85. The van der Waals surface area contributed by atoms with Crippen LogP contribution in [0.15, 0.2) is 48.5 Å². The predicted molar refractivity (Wildman–Crippen MR) is 102 cm³/mol. The molecule has 26 heavy (non-hydrogen) atoms. The van der Waals surface area contributed by atoms with E-state index in [0.29, 0.717) is 17.2 Å². The standard InChI is InChI=1S/C21H24N2O3/c1-14(24)18-5-3-4-6-19(18)22-13-20(25)23-21(15-7-8-15)16-9-11-17(26-2)12-10-16/h3-6,9-12,15,21-22H,7-8,13H2,1-2H3,(H,23,25). The first kappa shape index (κ1) is 18.0. The monoisotopic (exact) mass is 352 g/mol. The molecule has 2 N–H and O–H groups in total. The average Bonchev–Trinajstić information content (AvgIpc) is 3.50. The summed E-state index contributed by atoms with van der Waals surface area (Å²) >= 11 is 0. The van der Waals surface area contributed by atoms with Crippen molar-refractivity contribution in [3.05, 3.63) is 59.7 Å². The van der Waals surface area contributed by atoms with Crippen LogP contribution < -0.4 is 15.4 Å². The molecule has 2 aromatic carbocycles. The Bertz CT molecular complexity index is 782. The van der Waals surface area contributed by atoms with Gasteiger partial charge in [-0.1, -0.05) is 24.3 Å². The number of anilines is 1. The van der Waals surface area contributed by atoms with Crippen molar-refractivity contribution in [3.63, 3.8) is 0 Å². The number of ketones is 1. The summed E-state index contributed by atoms with van der Waals surface area (Å²) in [5, 5.41) is 6.20. The van der Waals surface area contributed by atoms with Crippen molar-refractivity contribution in [3.8, 4) is 5.75 Å². The number of ether oxygens (including phenoxy) is 1. The van der Waals surface area contributed by atoms with Crippen LogP contribution in [0.5, 0.6) is 5.75 Å². The van der Waals surface area contributed by atoms with Gasteiger partial charge in [-0.2, -0.15) is 0 Å². The zero-order chi connectivity index (χ0) is 18.5. The SMILES string of the molecule is COc1ccc(C(NC(=O)CNc2ccccc2C(C)=O)C2CC2)cc1. The lowest BCUT2D eigenvalue weighted by Gasteiger charge is -2.20. The summed E-state index contributed by atoms with van der Waals surface area (Å²) in [6.07, 6.45) is 2.25. The van der Waals surface area contributed by atoms with E-state index in [4.69, 9.17) is 4.74 Å². The molecule has 0 spiro atoms. The van der Waals surface area contributed by atoms with Crippen LogP contribution in [0.4, 0.5) is 5.69 Å². The molecule has 136 valence electrons. The predicted octanol–water partition coefficient (Wildman–Crippen LogP) is 3.58. The molecule has 2 aromatic rings. The lowest BCUT2D eigenvalue weighted by molar-refractivity contribution is -0.120. The molecule has 1 aliphatic rings. The minimum atomic E-state index is -0.0870. The van der Waals surface area contributed by atoms with Gasteiger partial charge in [0.25, 0.3) is 0 Å². The minimum absolute atomic E-state index is 0.0123. The molecule has 5 heteroatoms. The summed E-state index contributed by atoms with van der Waals surface area (Å²) < 4.78 is 5.20. The van der Waals surface area contributed by atoms with Crippen molar-refractivity contribution in [2.24, 2.45) is 5.92 Å². The van der Waals surface area contributed by atoms with Gasteiger partial charge in [0.15, 0.2) is 5.78 Å². The molecular weight excluding hydrogens is 328 g/mol. The minimum Gasteiger partial charge on any atom is -0.497 e. The summed E-state index contributed by atoms with van der Waals surface area (Å²) in [5.74, 6) is 1.17. The fourth-order valence-electron chi connectivity index (χ4n) is 3.06. The molecule has 5 nitrogen and oxygen atoms in total. The van der Waals surface area contributed by atoms with Crippen molar-refractivity contribution in [2.45, 2.75) is 25.8 Å². The number of nitrogens with one attached hydrogen (secondary N) is 2. The van der Waals surface area contributed by atoms with Crippen LogP contribution in [-0.4, -0.2) is 25.3 Å². The number of benzene rings is 2. The number of methoxy groups -OCH3 is 1. The molecular formula is C21H24N2O3. The Kier molecular flexibility index (Phi) is 5.56. The molecule has 1 aliphatic carbocycles. The molecule has 3 rings (SSSR count). The highest BCUT2D eigenvalue weighted by Crippen LogP contribution is 2.41. The third-order valence-corrected chi connectivity index (χ3v) is 4.63. The third-order valence-electron chi connectivity index (χ3n) is 4.63. The molecule has 0 saturated heterocycles. The van der Waals surface area contributed by atoms with E-state index < -0.39 is 0 Å². The second kappa shape index (κ2) is 8.04. The van der Waals surface area contributed by atoms with E-state index in [2.05, 4.69) is 10.6 Å². The number of carbonyl (C=O) groups is 2. The Balaban J connectivity index is 1.63. The van der Waals surface area contributed by atoms with Crippen molar-refractivity contribution in [1.29, 1.82) is 0 Å². The van der Waals surface area contributed by atoms with E-state index in [1.54, 1.807) is 13.2 Å². The van der Waals surface area contributed by atoms with E-state index in [1.165, 1.54) is 6.92 Å². The molecule has 0 aromatic heterocycles. The van der Waals surface area contributed by atoms with Gasteiger partial charge in [-0.3, -0.25) is 9.59 Å². The topological polar surface area (TPSA) is 67.4 Å².